The summed E-state index contributed by atoms with van der Waals surface area (Å²) in [4.78, 5) is 12.2. The quantitative estimate of drug-likeness (QED) is 0.692. The second kappa shape index (κ2) is 7.27. The molecule has 7 heteroatoms. The van der Waals surface area contributed by atoms with Gasteiger partial charge in [0.1, 0.15) is 11.6 Å². The van der Waals surface area contributed by atoms with E-state index in [4.69, 9.17) is 4.42 Å². The van der Waals surface area contributed by atoms with Gasteiger partial charge in [-0.25, -0.2) is 0 Å². The zero-order chi connectivity index (χ0) is 16.9. The molecule has 3 aromatic rings. The molecule has 0 saturated carbocycles. The molecule has 0 fully saturated rings. The minimum atomic E-state index is -0.300. The number of amides is 1. The van der Waals surface area contributed by atoms with E-state index in [1.807, 2.05) is 37.3 Å². The van der Waals surface area contributed by atoms with Crippen LogP contribution in [0.15, 0.2) is 57.6 Å². The fraction of sp³-hybridized carbons (Fsp3) is 0.118. The molecule has 0 spiro atoms. The number of hydrogen-bond donors (Lipinski definition) is 2. The molecule has 0 aliphatic heterocycles. The van der Waals surface area contributed by atoms with Gasteiger partial charge in [0.15, 0.2) is 5.69 Å². The molecule has 0 atom stereocenters. The molecule has 2 N–H and O–H groups in total. The minimum Gasteiger partial charge on any atom is -0.467 e. The number of hydrogen-bond acceptors (Lipinski definition) is 5. The number of halogens is 1. The molecule has 0 saturated heterocycles. The molecule has 2 aromatic heterocycles. The largest absolute Gasteiger partial charge is 0.467 e. The van der Waals surface area contributed by atoms with Crippen LogP contribution < -0.4 is 10.6 Å². The van der Waals surface area contributed by atoms with Crippen molar-refractivity contribution in [3.05, 3.63) is 70.2 Å². The molecule has 0 radical (unpaired) electrons. The van der Waals surface area contributed by atoms with Gasteiger partial charge < -0.3 is 15.1 Å². The molecule has 0 aliphatic rings. The zero-order valence-electron chi connectivity index (χ0n) is 12.9. The summed E-state index contributed by atoms with van der Waals surface area (Å²) >= 11 is 3.40. The molecular formula is C17H15BrN4O2. The first kappa shape index (κ1) is 16.2. The van der Waals surface area contributed by atoms with Crippen molar-refractivity contribution in [2.75, 3.05) is 10.6 Å². The number of carbonyl (C=O) groups excluding carboxylic acids is 1. The third-order valence-corrected chi connectivity index (χ3v) is 3.85. The van der Waals surface area contributed by atoms with Crippen LogP contribution >= 0.6 is 15.9 Å². The van der Waals surface area contributed by atoms with Crippen LogP contribution in [0.4, 0.5) is 11.5 Å². The predicted octanol–water partition coefficient (Wildman–Crippen LogP) is 4.00. The second-order valence-corrected chi connectivity index (χ2v) is 6.07. The van der Waals surface area contributed by atoms with Crippen molar-refractivity contribution in [3.8, 4) is 0 Å². The highest BCUT2D eigenvalue weighted by atomic mass is 79.9. The maximum atomic E-state index is 12.2. The Morgan fingerprint density at radius 3 is 2.75 bits per heavy atom. The summed E-state index contributed by atoms with van der Waals surface area (Å²) in [6, 6.07) is 12.7. The van der Waals surface area contributed by atoms with Crippen LogP contribution in [0, 0.1) is 6.92 Å². The third kappa shape index (κ3) is 3.99. The average Bonchev–Trinajstić information content (AvgIpc) is 3.09. The number of furan rings is 1. The highest BCUT2D eigenvalue weighted by Crippen LogP contribution is 2.20. The van der Waals surface area contributed by atoms with E-state index in [2.05, 4.69) is 36.8 Å². The number of carbonyl (C=O) groups is 1. The van der Waals surface area contributed by atoms with E-state index < -0.39 is 0 Å². The SMILES string of the molecule is Cc1cc(Br)ccc1NC(=O)c1ccc(NCc2ccco2)nn1. The van der Waals surface area contributed by atoms with Gasteiger partial charge in [0.2, 0.25) is 0 Å². The van der Waals surface area contributed by atoms with Crippen molar-refractivity contribution in [1.82, 2.24) is 10.2 Å². The summed E-state index contributed by atoms with van der Waals surface area (Å²) in [5.74, 6) is 1.07. The number of aromatic nitrogens is 2. The van der Waals surface area contributed by atoms with Gasteiger partial charge in [0.25, 0.3) is 5.91 Å². The lowest BCUT2D eigenvalue weighted by atomic mass is 10.2. The fourth-order valence-electron chi connectivity index (χ4n) is 2.09. The molecule has 6 nitrogen and oxygen atoms in total. The van der Waals surface area contributed by atoms with Crippen LogP contribution in [-0.2, 0) is 6.54 Å². The smallest absolute Gasteiger partial charge is 0.276 e. The van der Waals surface area contributed by atoms with E-state index in [0.29, 0.717) is 12.4 Å². The zero-order valence-corrected chi connectivity index (χ0v) is 14.5. The Morgan fingerprint density at radius 2 is 2.08 bits per heavy atom. The van der Waals surface area contributed by atoms with Gasteiger partial charge in [0, 0.05) is 10.2 Å². The molecule has 1 amide bonds. The van der Waals surface area contributed by atoms with Gasteiger partial charge in [0.05, 0.1) is 12.8 Å². The summed E-state index contributed by atoms with van der Waals surface area (Å²) in [5, 5.41) is 13.9. The molecule has 1 aromatic carbocycles. The average molecular weight is 387 g/mol. The predicted molar refractivity (Wildman–Crippen MR) is 94.9 cm³/mol. The van der Waals surface area contributed by atoms with Gasteiger partial charge in [-0.2, -0.15) is 0 Å². The van der Waals surface area contributed by atoms with Crippen molar-refractivity contribution in [2.45, 2.75) is 13.5 Å². The van der Waals surface area contributed by atoms with E-state index in [1.165, 1.54) is 0 Å². The normalized spacial score (nSPS) is 10.4. The number of aryl methyl sites for hydroxylation is 1. The summed E-state index contributed by atoms with van der Waals surface area (Å²) < 4.78 is 6.19. The van der Waals surface area contributed by atoms with E-state index in [9.17, 15) is 4.79 Å². The molecule has 122 valence electrons. The molecule has 0 unspecified atom stereocenters. The molecule has 2 heterocycles. The number of benzene rings is 1. The lowest BCUT2D eigenvalue weighted by Gasteiger charge is -2.08. The van der Waals surface area contributed by atoms with Crippen LogP contribution in [0.3, 0.4) is 0 Å². The Kier molecular flexibility index (Phi) is 4.90. The first-order chi connectivity index (χ1) is 11.6. The van der Waals surface area contributed by atoms with Crippen LogP contribution in [0.1, 0.15) is 21.8 Å². The standard InChI is InChI=1S/C17H15BrN4O2/c1-11-9-12(18)4-5-14(11)20-17(23)15-6-7-16(22-21-15)19-10-13-3-2-8-24-13/h2-9H,10H2,1H3,(H,19,22)(H,20,23). The Balaban J connectivity index is 1.63. The lowest BCUT2D eigenvalue weighted by molar-refractivity contribution is 0.102. The number of nitrogens with zero attached hydrogens (tertiary/aromatic N) is 2. The van der Waals surface area contributed by atoms with E-state index >= 15 is 0 Å². The van der Waals surface area contributed by atoms with Crippen molar-refractivity contribution in [2.24, 2.45) is 0 Å². The fourth-order valence-corrected chi connectivity index (χ4v) is 2.57. The van der Waals surface area contributed by atoms with Crippen LogP contribution in [0.2, 0.25) is 0 Å². The topological polar surface area (TPSA) is 80.0 Å². The van der Waals surface area contributed by atoms with Gasteiger partial charge >= 0.3 is 0 Å². The highest BCUT2D eigenvalue weighted by Gasteiger charge is 2.10. The lowest BCUT2D eigenvalue weighted by Crippen LogP contribution is -2.15. The summed E-state index contributed by atoms with van der Waals surface area (Å²) in [5.41, 5.74) is 1.95. The van der Waals surface area contributed by atoms with Crippen molar-refractivity contribution >= 4 is 33.3 Å². The molecule has 0 bridgehead atoms. The highest BCUT2D eigenvalue weighted by molar-refractivity contribution is 9.10. The van der Waals surface area contributed by atoms with Crippen LogP contribution in [0.5, 0.6) is 0 Å². The van der Waals surface area contributed by atoms with E-state index in [0.717, 1.165) is 21.5 Å². The molecular weight excluding hydrogens is 372 g/mol. The molecule has 3 rings (SSSR count). The minimum absolute atomic E-state index is 0.251. The van der Waals surface area contributed by atoms with Crippen molar-refractivity contribution in [3.63, 3.8) is 0 Å². The Bertz CT molecular complexity index is 832. The Labute approximate surface area is 147 Å². The summed E-state index contributed by atoms with van der Waals surface area (Å²) in [7, 11) is 0. The van der Waals surface area contributed by atoms with E-state index in [1.54, 1.807) is 18.4 Å². The van der Waals surface area contributed by atoms with E-state index in [-0.39, 0.29) is 11.6 Å². The van der Waals surface area contributed by atoms with Crippen molar-refractivity contribution in [1.29, 1.82) is 0 Å². The number of rotatable bonds is 5. The molecule has 0 aliphatic carbocycles. The summed E-state index contributed by atoms with van der Waals surface area (Å²) in [6.07, 6.45) is 1.61. The van der Waals surface area contributed by atoms with Gasteiger partial charge in [-0.05, 0) is 55.0 Å². The second-order valence-electron chi connectivity index (χ2n) is 5.15. The number of nitrogens with one attached hydrogen (secondary N) is 2. The van der Waals surface area contributed by atoms with Gasteiger partial charge in [-0.15, -0.1) is 10.2 Å². The third-order valence-electron chi connectivity index (χ3n) is 3.36. The Hall–Kier alpha value is -2.67. The van der Waals surface area contributed by atoms with Gasteiger partial charge in [-0.1, -0.05) is 15.9 Å². The maximum Gasteiger partial charge on any atom is 0.276 e. The Morgan fingerprint density at radius 1 is 1.21 bits per heavy atom. The van der Waals surface area contributed by atoms with Gasteiger partial charge in [-0.3, -0.25) is 4.79 Å². The van der Waals surface area contributed by atoms with Crippen LogP contribution in [-0.4, -0.2) is 16.1 Å². The van der Waals surface area contributed by atoms with Crippen molar-refractivity contribution < 1.29 is 9.21 Å². The summed E-state index contributed by atoms with van der Waals surface area (Å²) in [6.45, 7) is 2.43. The van der Waals surface area contributed by atoms with Crippen LogP contribution in [0.25, 0.3) is 0 Å². The maximum absolute atomic E-state index is 12.2. The molecule has 24 heavy (non-hydrogen) atoms. The number of anilines is 2. The first-order valence-corrected chi connectivity index (χ1v) is 8.08. The first-order valence-electron chi connectivity index (χ1n) is 7.29. The monoisotopic (exact) mass is 386 g/mol.